The molecule has 170 valence electrons. The predicted molar refractivity (Wildman–Crippen MR) is 131 cm³/mol. The van der Waals surface area contributed by atoms with Gasteiger partial charge in [-0.15, -0.1) is 0 Å². The molecule has 0 saturated carbocycles. The molecule has 7 nitrogen and oxygen atoms in total. The van der Waals surface area contributed by atoms with Crippen molar-refractivity contribution in [2.75, 3.05) is 13.6 Å². The van der Waals surface area contributed by atoms with Crippen molar-refractivity contribution in [1.82, 2.24) is 19.8 Å². The Morgan fingerprint density at radius 1 is 1.09 bits per heavy atom. The van der Waals surface area contributed by atoms with Crippen LogP contribution in [0.4, 0.5) is 0 Å². The highest BCUT2D eigenvalue weighted by Gasteiger charge is 2.60. The molecule has 3 N–H and O–H groups in total. The van der Waals surface area contributed by atoms with Gasteiger partial charge in [-0.1, -0.05) is 36.4 Å². The van der Waals surface area contributed by atoms with E-state index in [1.54, 1.807) is 0 Å². The van der Waals surface area contributed by atoms with Crippen LogP contribution in [-0.2, 0) is 17.0 Å². The monoisotopic (exact) mass is 452 g/mol. The molecule has 0 spiro atoms. The predicted octanol–water partition coefficient (Wildman–Crippen LogP) is 3.70. The zero-order valence-electron chi connectivity index (χ0n) is 19.0. The normalized spacial score (nSPS) is 27.4. The Morgan fingerprint density at radius 3 is 2.56 bits per heavy atom. The Kier molecular flexibility index (Phi) is 3.24. The summed E-state index contributed by atoms with van der Waals surface area (Å²) in [6, 6.07) is 16.5. The lowest BCUT2D eigenvalue weighted by Crippen LogP contribution is -2.55. The van der Waals surface area contributed by atoms with E-state index in [4.69, 9.17) is 4.74 Å². The summed E-state index contributed by atoms with van der Waals surface area (Å²) >= 11 is 0. The number of aromatic nitrogens is 2. The Bertz CT molecular complexity index is 1750. The van der Waals surface area contributed by atoms with Gasteiger partial charge in [0.2, 0.25) is 0 Å². The van der Waals surface area contributed by atoms with Crippen LogP contribution in [0.3, 0.4) is 0 Å². The summed E-state index contributed by atoms with van der Waals surface area (Å²) in [5.74, 6) is -0.0233. The van der Waals surface area contributed by atoms with Gasteiger partial charge in [0.05, 0.1) is 27.6 Å². The lowest BCUT2D eigenvalue weighted by molar-refractivity contribution is -0.175. The highest BCUT2D eigenvalue weighted by Crippen LogP contribution is 2.57. The number of rotatable bonds is 2. The molecule has 8 rings (SSSR count). The summed E-state index contributed by atoms with van der Waals surface area (Å²) in [5.41, 5.74) is 3.74. The molecule has 5 heterocycles. The van der Waals surface area contributed by atoms with Crippen LogP contribution in [-0.4, -0.2) is 39.3 Å². The quantitative estimate of drug-likeness (QED) is 0.382. The van der Waals surface area contributed by atoms with Crippen molar-refractivity contribution in [2.24, 2.45) is 0 Å². The number of carbonyl (C=O) groups excluding carboxylic acids is 1. The molecule has 34 heavy (non-hydrogen) atoms. The van der Waals surface area contributed by atoms with Crippen molar-refractivity contribution < 1.29 is 14.6 Å². The van der Waals surface area contributed by atoms with E-state index < -0.39 is 11.3 Å². The number of amides is 1. The molecule has 7 heteroatoms. The number of aliphatic hydroxyl groups is 1. The van der Waals surface area contributed by atoms with Gasteiger partial charge in [-0.05, 0) is 31.7 Å². The second-order valence-corrected chi connectivity index (χ2v) is 10.0. The van der Waals surface area contributed by atoms with Crippen molar-refractivity contribution >= 4 is 49.5 Å². The molecule has 2 aromatic heterocycles. The average Bonchev–Trinajstić information content (AvgIpc) is 3.51. The SMILES string of the molecule is CNCC1(O)CC2OC1(C)n1c3ccccc3c3c4c(c5c6ccccc6n2c5c31)C(=O)NC4. The number of nitrogens with one attached hydrogen (secondary N) is 2. The first-order valence-electron chi connectivity index (χ1n) is 11.8. The molecule has 1 fully saturated rings. The topological polar surface area (TPSA) is 80.4 Å². The number of hydrogen-bond donors (Lipinski definition) is 3. The molecule has 3 atom stereocenters. The maximum absolute atomic E-state index is 13.2. The molecule has 3 unspecified atom stereocenters. The highest BCUT2D eigenvalue weighted by atomic mass is 16.6. The van der Waals surface area contributed by atoms with E-state index in [9.17, 15) is 9.90 Å². The standard InChI is InChI=1S/C27H24N4O3/c1-26-27(33,13-28-2)11-19(34-26)30-17-9-5-3-7-14(17)21-22-16(12-29-25(22)32)20-15-8-4-6-10-18(15)31(26)24(20)23(21)30/h3-10,19,28,33H,11-13H2,1-2H3,(H,29,32). The Labute approximate surface area is 194 Å². The van der Waals surface area contributed by atoms with Gasteiger partial charge >= 0.3 is 0 Å². The minimum absolute atomic E-state index is 0.0233. The van der Waals surface area contributed by atoms with E-state index in [2.05, 4.69) is 44.0 Å². The van der Waals surface area contributed by atoms with E-state index in [1.807, 2.05) is 38.2 Å². The third-order valence-corrected chi connectivity index (χ3v) is 8.44. The largest absolute Gasteiger partial charge is 0.383 e. The third-order valence-electron chi connectivity index (χ3n) is 8.44. The van der Waals surface area contributed by atoms with Crippen LogP contribution in [0.2, 0.25) is 0 Å². The van der Waals surface area contributed by atoms with Gasteiger partial charge in [-0.25, -0.2) is 0 Å². The first-order chi connectivity index (χ1) is 16.5. The van der Waals surface area contributed by atoms with Gasteiger partial charge in [0.25, 0.3) is 5.91 Å². The fourth-order valence-corrected chi connectivity index (χ4v) is 7.05. The smallest absolute Gasteiger partial charge is 0.252 e. The molecular weight excluding hydrogens is 428 g/mol. The van der Waals surface area contributed by atoms with Crippen LogP contribution in [0, 0.1) is 0 Å². The zero-order valence-corrected chi connectivity index (χ0v) is 19.0. The maximum atomic E-state index is 13.2. The summed E-state index contributed by atoms with van der Waals surface area (Å²) in [7, 11) is 1.86. The lowest BCUT2D eigenvalue weighted by Gasteiger charge is -2.39. The van der Waals surface area contributed by atoms with Crippen molar-refractivity contribution in [3.8, 4) is 0 Å². The van der Waals surface area contributed by atoms with E-state index in [0.717, 1.165) is 54.7 Å². The molecule has 0 radical (unpaired) electrons. The minimum atomic E-state index is -1.14. The Balaban J connectivity index is 1.74. The molecule has 1 amide bonds. The summed E-state index contributed by atoms with van der Waals surface area (Å²) < 4.78 is 11.3. The van der Waals surface area contributed by atoms with E-state index >= 15 is 0 Å². The maximum Gasteiger partial charge on any atom is 0.252 e. The van der Waals surface area contributed by atoms with Crippen molar-refractivity contribution in [3.63, 3.8) is 0 Å². The van der Waals surface area contributed by atoms with E-state index in [1.165, 1.54) is 0 Å². The van der Waals surface area contributed by atoms with Gasteiger partial charge in [0.15, 0.2) is 5.72 Å². The van der Waals surface area contributed by atoms with Gasteiger partial charge in [-0.2, -0.15) is 0 Å². The third kappa shape index (κ3) is 1.85. The number of benzene rings is 3. The summed E-state index contributed by atoms with van der Waals surface area (Å²) in [4.78, 5) is 13.2. The van der Waals surface area contributed by atoms with E-state index in [-0.39, 0.29) is 12.1 Å². The van der Waals surface area contributed by atoms with Gasteiger partial charge in [0.1, 0.15) is 11.8 Å². The molecule has 0 aliphatic carbocycles. The average molecular weight is 453 g/mol. The van der Waals surface area contributed by atoms with Crippen LogP contribution in [0.15, 0.2) is 48.5 Å². The second kappa shape index (κ2) is 5.81. The van der Waals surface area contributed by atoms with Crippen LogP contribution >= 0.6 is 0 Å². The van der Waals surface area contributed by atoms with Crippen molar-refractivity contribution in [2.45, 2.75) is 37.4 Å². The molecule has 3 aromatic carbocycles. The first kappa shape index (κ1) is 19.0. The second-order valence-electron chi connectivity index (χ2n) is 10.0. The lowest BCUT2D eigenvalue weighted by atomic mass is 9.88. The number of ether oxygens (including phenoxy) is 1. The molecule has 3 aliphatic rings. The molecule has 2 bridgehead atoms. The van der Waals surface area contributed by atoms with Crippen LogP contribution in [0.5, 0.6) is 0 Å². The van der Waals surface area contributed by atoms with Gasteiger partial charge in [0, 0.05) is 41.1 Å². The minimum Gasteiger partial charge on any atom is -0.383 e. The number of fused-ring (bicyclic) bond motifs is 13. The van der Waals surface area contributed by atoms with Crippen LogP contribution in [0.1, 0.15) is 35.5 Å². The Hall–Kier alpha value is -3.39. The highest BCUT2D eigenvalue weighted by molar-refractivity contribution is 6.31. The van der Waals surface area contributed by atoms with E-state index in [0.29, 0.717) is 19.5 Å². The zero-order chi connectivity index (χ0) is 23.0. The number of nitrogens with zero attached hydrogens (tertiary/aromatic N) is 2. The fraction of sp³-hybridized carbons (Fsp3) is 0.296. The molecule has 3 aliphatic heterocycles. The molecule has 1 saturated heterocycles. The van der Waals surface area contributed by atoms with Gasteiger partial charge in [-0.3, -0.25) is 4.79 Å². The molecular formula is C27H24N4O3. The van der Waals surface area contributed by atoms with Crippen molar-refractivity contribution in [1.29, 1.82) is 0 Å². The van der Waals surface area contributed by atoms with Crippen LogP contribution < -0.4 is 10.6 Å². The van der Waals surface area contributed by atoms with Crippen molar-refractivity contribution in [3.05, 3.63) is 59.7 Å². The first-order valence-corrected chi connectivity index (χ1v) is 11.8. The van der Waals surface area contributed by atoms with Gasteiger partial charge < -0.3 is 29.6 Å². The number of likely N-dealkylation sites (N-methyl/N-ethyl adjacent to an activating group) is 1. The number of carbonyl (C=O) groups is 1. The molecule has 5 aromatic rings. The summed E-state index contributed by atoms with van der Waals surface area (Å²) in [6.07, 6.45) is 0.0737. The number of para-hydroxylation sites is 2. The number of hydrogen-bond acceptors (Lipinski definition) is 4. The Morgan fingerprint density at radius 2 is 1.79 bits per heavy atom. The summed E-state index contributed by atoms with van der Waals surface area (Å²) in [6.45, 7) is 2.90. The fourth-order valence-electron chi connectivity index (χ4n) is 7.05. The van der Waals surface area contributed by atoms with Crippen LogP contribution in [0.25, 0.3) is 43.6 Å². The summed E-state index contributed by atoms with van der Waals surface area (Å²) in [5, 5.41) is 22.6.